The Balaban J connectivity index is 1.51. The summed E-state index contributed by atoms with van der Waals surface area (Å²) in [7, 11) is 1.31. The molecule has 0 N–H and O–H groups in total. The van der Waals surface area contributed by atoms with Gasteiger partial charge in [-0.05, 0) is 41.8 Å². The van der Waals surface area contributed by atoms with Gasteiger partial charge in [-0.1, -0.05) is 17.8 Å². The number of hydrogen-bond donors (Lipinski definition) is 0. The van der Waals surface area contributed by atoms with Crippen LogP contribution in [-0.2, 0) is 17.0 Å². The van der Waals surface area contributed by atoms with E-state index in [4.69, 9.17) is 13.6 Å². The molecule has 4 aromatic heterocycles. The Bertz CT molecular complexity index is 1470. The summed E-state index contributed by atoms with van der Waals surface area (Å²) in [6, 6.07) is 12.2. The number of thioether (sulfide) groups is 1. The van der Waals surface area contributed by atoms with Crippen molar-refractivity contribution in [2.45, 2.75) is 17.5 Å². The van der Waals surface area contributed by atoms with E-state index in [9.17, 15) is 9.59 Å². The summed E-state index contributed by atoms with van der Waals surface area (Å²) in [5.41, 5.74) is 1.24. The summed E-state index contributed by atoms with van der Waals surface area (Å²) >= 11 is 2.90. The number of aromatic nitrogens is 3. The molecule has 0 atom stereocenters. The summed E-state index contributed by atoms with van der Waals surface area (Å²) in [5.74, 6) is 1.15. The molecule has 33 heavy (non-hydrogen) atoms. The molecular weight excluding hydrogens is 462 g/mol. The largest absolute Gasteiger partial charge is 0.467 e. The second kappa shape index (κ2) is 9.08. The maximum Gasteiger partial charge on any atom is 0.337 e. The van der Waals surface area contributed by atoms with Crippen molar-refractivity contribution in [1.29, 1.82) is 0 Å². The first kappa shape index (κ1) is 21.2. The van der Waals surface area contributed by atoms with Gasteiger partial charge in [-0.3, -0.25) is 9.36 Å². The predicted octanol–water partition coefficient (Wildman–Crippen LogP) is 4.83. The molecule has 0 saturated carbocycles. The van der Waals surface area contributed by atoms with Crippen LogP contribution in [0.15, 0.2) is 79.2 Å². The van der Waals surface area contributed by atoms with Gasteiger partial charge in [-0.15, -0.1) is 11.3 Å². The molecule has 0 aliphatic carbocycles. The lowest BCUT2D eigenvalue weighted by molar-refractivity contribution is 0.0601. The van der Waals surface area contributed by atoms with Gasteiger partial charge >= 0.3 is 5.97 Å². The molecule has 0 aliphatic rings. The minimum atomic E-state index is -0.489. The molecule has 0 unspecified atom stereocenters. The monoisotopic (exact) mass is 479 g/mol. The minimum Gasteiger partial charge on any atom is -0.467 e. The van der Waals surface area contributed by atoms with E-state index in [1.807, 2.05) is 17.5 Å². The summed E-state index contributed by atoms with van der Waals surface area (Å²) < 4.78 is 17.4. The Hall–Kier alpha value is -3.63. The van der Waals surface area contributed by atoms with Crippen LogP contribution in [0.3, 0.4) is 0 Å². The van der Waals surface area contributed by atoms with Crippen LogP contribution in [0.5, 0.6) is 0 Å². The second-order valence-corrected chi connectivity index (χ2v) is 8.89. The van der Waals surface area contributed by atoms with E-state index >= 15 is 0 Å². The van der Waals surface area contributed by atoms with Crippen LogP contribution in [0.1, 0.15) is 21.8 Å². The fourth-order valence-electron chi connectivity index (χ4n) is 3.28. The normalized spacial score (nSPS) is 11.2. The molecule has 5 aromatic rings. The van der Waals surface area contributed by atoms with Gasteiger partial charge in [-0.2, -0.15) is 0 Å². The minimum absolute atomic E-state index is 0.227. The third-order valence-electron chi connectivity index (χ3n) is 4.87. The lowest BCUT2D eigenvalue weighted by atomic mass is 10.1. The molecule has 0 spiro atoms. The zero-order valence-electron chi connectivity index (χ0n) is 17.4. The van der Waals surface area contributed by atoms with Gasteiger partial charge < -0.3 is 13.6 Å². The highest BCUT2D eigenvalue weighted by atomic mass is 32.2. The molecule has 8 nitrogen and oxygen atoms in total. The summed E-state index contributed by atoms with van der Waals surface area (Å²) in [5, 5.41) is 2.84. The number of benzene rings is 1. The number of carbonyl (C=O) groups excluding carboxylic acids is 1. The number of thiophene rings is 1. The zero-order chi connectivity index (χ0) is 22.8. The number of hydrogen-bond acceptors (Lipinski definition) is 9. The number of ether oxygens (including phenoxy) is 1. The molecule has 0 aliphatic heterocycles. The van der Waals surface area contributed by atoms with Crippen LogP contribution in [0, 0.1) is 0 Å². The number of methoxy groups -OCH3 is 1. The standard InChI is InChI=1S/C23H17N3O5S2/c1-29-22(28)14-6-7-17-18(10-14)25-23(26(21(17)27)11-16-4-2-8-30-16)33-13-15-12-31-20(24-15)19-5-3-9-32-19/h2-10,12H,11,13H2,1H3. The highest BCUT2D eigenvalue weighted by Crippen LogP contribution is 2.27. The van der Waals surface area contributed by atoms with Crippen LogP contribution in [0.25, 0.3) is 21.7 Å². The second-order valence-electron chi connectivity index (χ2n) is 7.00. The SMILES string of the molecule is COC(=O)c1ccc2c(=O)n(Cc3ccco3)c(SCc3coc(-c4cccs4)n3)nc2c1. The number of fused-ring (bicyclic) bond motifs is 1. The fourth-order valence-corrected chi connectivity index (χ4v) is 4.81. The summed E-state index contributed by atoms with van der Waals surface area (Å²) in [6.07, 6.45) is 3.17. The van der Waals surface area contributed by atoms with Crippen LogP contribution in [-0.4, -0.2) is 27.6 Å². The molecule has 5 rings (SSSR count). The fraction of sp³-hybridized carbons (Fsp3) is 0.130. The lowest BCUT2D eigenvalue weighted by Crippen LogP contribution is -2.24. The lowest BCUT2D eigenvalue weighted by Gasteiger charge is -2.12. The Morgan fingerprint density at radius 3 is 2.85 bits per heavy atom. The summed E-state index contributed by atoms with van der Waals surface area (Å²) in [4.78, 5) is 35.4. The van der Waals surface area contributed by atoms with Crippen molar-refractivity contribution in [2.24, 2.45) is 0 Å². The van der Waals surface area contributed by atoms with Gasteiger partial charge in [0.15, 0.2) is 5.16 Å². The first-order valence-electron chi connectivity index (χ1n) is 9.89. The Morgan fingerprint density at radius 1 is 1.18 bits per heavy atom. The Morgan fingerprint density at radius 2 is 2.09 bits per heavy atom. The van der Waals surface area contributed by atoms with Crippen molar-refractivity contribution in [2.75, 3.05) is 7.11 Å². The maximum absolute atomic E-state index is 13.3. The van der Waals surface area contributed by atoms with E-state index in [1.54, 1.807) is 58.8 Å². The Labute approximate surface area is 195 Å². The molecular formula is C23H17N3O5S2. The van der Waals surface area contributed by atoms with Crippen LogP contribution in [0.2, 0.25) is 0 Å². The van der Waals surface area contributed by atoms with Gasteiger partial charge in [0.1, 0.15) is 12.0 Å². The van der Waals surface area contributed by atoms with Crippen molar-refractivity contribution in [3.63, 3.8) is 0 Å². The third-order valence-corrected chi connectivity index (χ3v) is 6.74. The van der Waals surface area contributed by atoms with E-state index in [-0.39, 0.29) is 12.1 Å². The molecule has 0 amide bonds. The molecule has 0 fully saturated rings. The molecule has 0 saturated heterocycles. The highest BCUT2D eigenvalue weighted by Gasteiger charge is 2.17. The van der Waals surface area contributed by atoms with Crippen molar-refractivity contribution in [1.82, 2.24) is 14.5 Å². The number of esters is 1. The predicted molar refractivity (Wildman–Crippen MR) is 125 cm³/mol. The van der Waals surface area contributed by atoms with Gasteiger partial charge in [0.2, 0.25) is 5.89 Å². The van der Waals surface area contributed by atoms with Gasteiger partial charge in [0.05, 0.1) is 47.0 Å². The topological polar surface area (TPSA) is 100 Å². The number of oxazole rings is 1. The average molecular weight is 480 g/mol. The van der Waals surface area contributed by atoms with Crippen LogP contribution < -0.4 is 5.56 Å². The number of rotatable bonds is 7. The van der Waals surface area contributed by atoms with Crippen molar-refractivity contribution >= 4 is 40.0 Å². The van der Waals surface area contributed by atoms with Gasteiger partial charge in [0.25, 0.3) is 5.56 Å². The molecule has 0 radical (unpaired) electrons. The zero-order valence-corrected chi connectivity index (χ0v) is 19.0. The molecule has 1 aromatic carbocycles. The van der Waals surface area contributed by atoms with Crippen molar-refractivity contribution in [3.05, 3.63) is 87.7 Å². The smallest absolute Gasteiger partial charge is 0.337 e. The number of nitrogens with zero attached hydrogens (tertiary/aromatic N) is 3. The average Bonchev–Trinajstić information content (AvgIpc) is 3.61. The quantitative estimate of drug-likeness (QED) is 0.186. The van der Waals surface area contributed by atoms with Gasteiger partial charge in [0, 0.05) is 5.75 Å². The molecule has 4 heterocycles. The van der Waals surface area contributed by atoms with E-state index in [0.29, 0.717) is 39.0 Å². The van der Waals surface area contributed by atoms with Crippen LogP contribution >= 0.6 is 23.1 Å². The van der Waals surface area contributed by atoms with Crippen molar-refractivity contribution < 1.29 is 18.4 Å². The van der Waals surface area contributed by atoms with Crippen molar-refractivity contribution in [3.8, 4) is 10.8 Å². The van der Waals surface area contributed by atoms with Crippen LogP contribution in [0.4, 0.5) is 0 Å². The number of furan rings is 1. The third kappa shape index (κ3) is 4.35. The van der Waals surface area contributed by atoms with Gasteiger partial charge in [-0.25, -0.2) is 14.8 Å². The van der Waals surface area contributed by atoms with E-state index < -0.39 is 5.97 Å². The first-order chi connectivity index (χ1) is 16.1. The first-order valence-corrected chi connectivity index (χ1v) is 11.8. The molecule has 0 bridgehead atoms. The molecule has 166 valence electrons. The van der Waals surface area contributed by atoms with E-state index in [0.717, 1.165) is 10.6 Å². The maximum atomic E-state index is 13.3. The highest BCUT2D eigenvalue weighted by molar-refractivity contribution is 7.98. The molecule has 10 heteroatoms. The van der Waals surface area contributed by atoms with E-state index in [1.165, 1.54) is 18.9 Å². The van der Waals surface area contributed by atoms with E-state index in [2.05, 4.69) is 9.97 Å². The summed E-state index contributed by atoms with van der Waals surface area (Å²) in [6.45, 7) is 0.231. The Kier molecular flexibility index (Phi) is 5.84. The number of carbonyl (C=O) groups is 1.